The zero-order valence-corrected chi connectivity index (χ0v) is 21.5. The van der Waals surface area contributed by atoms with E-state index in [-0.39, 0.29) is 33.1 Å². The molecule has 2 heterocycles. The van der Waals surface area contributed by atoms with Crippen molar-refractivity contribution >= 4 is 46.2 Å². The second kappa shape index (κ2) is 14.6. The largest absolute Gasteiger partial charge is 0.506 e. The number of fused-ring (bicyclic) bond motifs is 1. The van der Waals surface area contributed by atoms with Crippen molar-refractivity contribution in [3.63, 3.8) is 0 Å². The number of hydrogen-bond donors (Lipinski definition) is 1. The highest BCUT2D eigenvalue weighted by molar-refractivity contribution is 6.37. The minimum absolute atomic E-state index is 0.101. The molecule has 0 unspecified atom stereocenters. The summed E-state index contributed by atoms with van der Waals surface area (Å²) in [7, 11) is 0. The molecule has 1 N–H and O–H groups in total. The van der Waals surface area contributed by atoms with Crippen LogP contribution < -0.4 is 0 Å². The lowest BCUT2D eigenvalue weighted by atomic mass is 10.1. The van der Waals surface area contributed by atoms with Crippen molar-refractivity contribution in [3.05, 3.63) is 62.5 Å². The van der Waals surface area contributed by atoms with Crippen LogP contribution >= 0.6 is 34.8 Å². The Morgan fingerprint density at radius 1 is 1.03 bits per heavy atom. The Hall–Kier alpha value is -2.60. The van der Waals surface area contributed by atoms with E-state index in [9.17, 15) is 18.3 Å². The number of nitrogens with zero attached hydrogens (tertiary/aromatic N) is 3. The number of benzene rings is 1. The average Bonchev–Trinajstić information content (AvgIpc) is 3.23. The maximum Gasteiger partial charge on any atom is 0.417 e. The molecule has 0 fully saturated rings. The van der Waals surface area contributed by atoms with Gasteiger partial charge in [0.1, 0.15) is 5.75 Å². The summed E-state index contributed by atoms with van der Waals surface area (Å²) in [5.74, 6) is -0.163. The van der Waals surface area contributed by atoms with Crippen LogP contribution in [-0.4, -0.2) is 20.2 Å². The van der Waals surface area contributed by atoms with Gasteiger partial charge < -0.3 is 14.3 Å². The van der Waals surface area contributed by atoms with Crippen molar-refractivity contribution in [3.8, 4) is 18.6 Å². The smallest absolute Gasteiger partial charge is 0.417 e. The molecule has 11 heteroatoms. The van der Waals surface area contributed by atoms with Crippen LogP contribution in [0.1, 0.15) is 51.4 Å². The normalized spacial score (nSPS) is 10.8. The molecule has 0 spiro atoms. The van der Waals surface area contributed by atoms with E-state index in [1.54, 1.807) is 6.92 Å². The molecule has 0 aliphatic carbocycles. The Morgan fingerprint density at radius 2 is 1.62 bits per heavy atom. The molecule has 34 heavy (non-hydrogen) atoms. The standard InChI is InChI=1S/C17H11Cl3F3N3O2.2C2H6.C2H2/c1-8(11-3-13(19)15(27)4-12(11)18)25-28-7-10-6-26-5-9(17(21,22)23)2-14(20)16(26)24-10;3*1-2/h2-6,27H,7H2,1H3;2*1-2H3;1-2H/b25-8+;;;. The third-order valence-corrected chi connectivity index (χ3v) is 4.62. The van der Waals surface area contributed by atoms with Crippen LogP contribution in [0.5, 0.6) is 5.75 Å². The number of oxime groups is 1. The lowest BCUT2D eigenvalue weighted by Gasteiger charge is -2.07. The number of aromatic hydroxyl groups is 1. The summed E-state index contributed by atoms with van der Waals surface area (Å²) in [6, 6.07) is 3.53. The third-order valence-electron chi connectivity index (χ3n) is 3.72. The van der Waals surface area contributed by atoms with Crippen LogP contribution in [0.15, 0.2) is 35.7 Å². The quantitative estimate of drug-likeness (QED) is 0.207. The Labute approximate surface area is 212 Å². The number of hydrogen-bond acceptors (Lipinski definition) is 4. The number of aromatic nitrogens is 2. The lowest BCUT2D eigenvalue weighted by molar-refractivity contribution is -0.137. The molecule has 1 aromatic carbocycles. The van der Waals surface area contributed by atoms with E-state index in [1.165, 1.54) is 22.7 Å². The molecular weight excluding hydrogens is 514 g/mol. The van der Waals surface area contributed by atoms with Gasteiger partial charge in [0.15, 0.2) is 12.3 Å². The van der Waals surface area contributed by atoms with Gasteiger partial charge in [0, 0.05) is 24.0 Å². The predicted octanol–water partition coefficient (Wildman–Crippen LogP) is 8.26. The van der Waals surface area contributed by atoms with Crippen molar-refractivity contribution < 1.29 is 23.1 Å². The molecule has 186 valence electrons. The maximum atomic E-state index is 12.9. The van der Waals surface area contributed by atoms with Crippen LogP contribution in [0.4, 0.5) is 13.2 Å². The van der Waals surface area contributed by atoms with Gasteiger partial charge in [-0.3, -0.25) is 0 Å². The van der Waals surface area contributed by atoms with Crippen molar-refractivity contribution in [2.45, 2.75) is 47.4 Å². The summed E-state index contributed by atoms with van der Waals surface area (Å²) in [4.78, 5) is 9.35. The van der Waals surface area contributed by atoms with Crippen LogP contribution in [0.3, 0.4) is 0 Å². The highest BCUT2D eigenvalue weighted by Gasteiger charge is 2.31. The van der Waals surface area contributed by atoms with Gasteiger partial charge in [-0.1, -0.05) is 67.7 Å². The Bertz CT molecular complexity index is 1130. The minimum Gasteiger partial charge on any atom is -0.506 e. The maximum absolute atomic E-state index is 12.9. The summed E-state index contributed by atoms with van der Waals surface area (Å²) in [6.07, 6.45) is 5.74. The Morgan fingerprint density at radius 3 is 2.18 bits per heavy atom. The first-order chi connectivity index (χ1) is 16.1. The monoisotopic (exact) mass is 537 g/mol. The number of terminal acetylenes is 1. The molecule has 0 bridgehead atoms. The summed E-state index contributed by atoms with van der Waals surface area (Å²) in [6.45, 7) is 9.50. The molecule has 0 saturated heterocycles. The number of phenols is 1. The second-order valence-corrected chi connectivity index (χ2v) is 6.99. The number of phenolic OH excluding ortho intramolecular Hbond substituents is 1. The van der Waals surface area contributed by atoms with Gasteiger partial charge in [-0.15, -0.1) is 12.8 Å². The van der Waals surface area contributed by atoms with Crippen molar-refractivity contribution in [2.24, 2.45) is 5.16 Å². The molecule has 0 saturated carbocycles. The fourth-order valence-electron chi connectivity index (χ4n) is 2.39. The molecule has 0 atom stereocenters. The molecule has 2 aromatic heterocycles. The first-order valence-electron chi connectivity index (χ1n) is 9.99. The van der Waals surface area contributed by atoms with E-state index in [0.29, 0.717) is 17.0 Å². The van der Waals surface area contributed by atoms with Crippen LogP contribution in [0.2, 0.25) is 15.1 Å². The van der Waals surface area contributed by atoms with Gasteiger partial charge in [0.05, 0.1) is 32.0 Å². The fourth-order valence-corrected chi connectivity index (χ4v) is 3.11. The number of imidazole rings is 1. The number of halogens is 6. The summed E-state index contributed by atoms with van der Waals surface area (Å²) < 4.78 is 39.8. The van der Waals surface area contributed by atoms with Crippen LogP contribution in [0.25, 0.3) is 5.65 Å². The minimum atomic E-state index is -4.52. The van der Waals surface area contributed by atoms with E-state index < -0.39 is 11.7 Å². The van der Waals surface area contributed by atoms with E-state index >= 15 is 0 Å². The van der Waals surface area contributed by atoms with Gasteiger partial charge >= 0.3 is 6.18 Å². The summed E-state index contributed by atoms with van der Waals surface area (Å²) in [5, 5.41) is 13.6. The predicted molar refractivity (Wildman–Crippen MR) is 133 cm³/mol. The molecule has 5 nitrogen and oxygen atoms in total. The van der Waals surface area contributed by atoms with Gasteiger partial charge in [-0.05, 0) is 19.1 Å². The van der Waals surface area contributed by atoms with Crippen molar-refractivity contribution in [2.75, 3.05) is 0 Å². The number of alkyl halides is 3. The first-order valence-corrected chi connectivity index (χ1v) is 11.1. The van der Waals surface area contributed by atoms with E-state index in [0.717, 1.165) is 12.3 Å². The van der Waals surface area contributed by atoms with Crippen molar-refractivity contribution in [1.82, 2.24) is 9.38 Å². The molecule has 3 rings (SSSR count). The fraction of sp³-hybridized carbons (Fsp3) is 0.304. The number of pyridine rings is 1. The zero-order chi connectivity index (χ0) is 26.6. The van der Waals surface area contributed by atoms with E-state index in [4.69, 9.17) is 39.6 Å². The van der Waals surface area contributed by atoms with Crippen LogP contribution in [-0.2, 0) is 17.6 Å². The van der Waals surface area contributed by atoms with Crippen LogP contribution in [0, 0.1) is 12.8 Å². The summed E-state index contributed by atoms with van der Waals surface area (Å²) >= 11 is 17.8. The highest BCUT2D eigenvalue weighted by atomic mass is 35.5. The lowest BCUT2D eigenvalue weighted by Crippen LogP contribution is -2.06. The second-order valence-electron chi connectivity index (χ2n) is 5.77. The Balaban J connectivity index is 0.00000168. The molecular formula is C23H25Cl3F3N3O2. The molecule has 0 aliphatic heterocycles. The van der Waals surface area contributed by atoms with Gasteiger partial charge in [0.25, 0.3) is 0 Å². The van der Waals surface area contributed by atoms with Gasteiger partial charge in [-0.2, -0.15) is 13.2 Å². The number of rotatable bonds is 4. The molecule has 0 amide bonds. The first kappa shape index (κ1) is 31.4. The van der Waals surface area contributed by atoms with Gasteiger partial charge in [0.2, 0.25) is 0 Å². The van der Waals surface area contributed by atoms with E-state index in [2.05, 4.69) is 23.0 Å². The van der Waals surface area contributed by atoms with Crippen molar-refractivity contribution in [1.29, 1.82) is 0 Å². The molecule has 0 aliphatic rings. The molecule has 3 aromatic rings. The third kappa shape index (κ3) is 8.32. The van der Waals surface area contributed by atoms with Gasteiger partial charge in [-0.25, -0.2) is 4.98 Å². The molecule has 0 radical (unpaired) electrons. The SMILES string of the molecule is C#C.C/C(=N\OCc1cn2cc(C(F)(F)F)cc(Cl)c2n1)c1cc(Cl)c(O)cc1Cl.CC.CC. The van der Waals surface area contributed by atoms with E-state index in [1.807, 2.05) is 27.7 Å². The summed E-state index contributed by atoms with van der Waals surface area (Å²) in [5.41, 5.74) is 0.447. The topological polar surface area (TPSA) is 59.1 Å². The highest BCUT2D eigenvalue weighted by Crippen LogP contribution is 2.32. The zero-order valence-electron chi connectivity index (χ0n) is 19.2. The Kier molecular flexibility index (Phi) is 13.5. The average molecular weight is 539 g/mol.